The topological polar surface area (TPSA) is 183 Å². The van der Waals surface area contributed by atoms with Gasteiger partial charge in [-0.15, -0.1) is 0 Å². The number of hydrogen-bond acceptors (Lipinski definition) is 10. The fourth-order valence-electron chi connectivity index (χ4n) is 3.93. The Bertz CT molecular complexity index is 1650. The molecular weight excluding hydrogens is 628 g/mol. The van der Waals surface area contributed by atoms with Crippen LogP contribution in [0.5, 0.6) is 5.75 Å². The van der Waals surface area contributed by atoms with Crippen LogP contribution in [0.1, 0.15) is 47.4 Å². The number of benzene rings is 3. The summed E-state index contributed by atoms with van der Waals surface area (Å²) in [6.07, 6.45) is 8.36. The first-order chi connectivity index (χ1) is 23.8. The van der Waals surface area contributed by atoms with Gasteiger partial charge in [-0.2, -0.15) is 0 Å². The molecule has 256 valence electrons. The summed E-state index contributed by atoms with van der Waals surface area (Å²) in [6.45, 7) is 5.27. The Morgan fingerprint density at radius 3 is 1.65 bits per heavy atom. The van der Waals surface area contributed by atoms with Crippen LogP contribution in [0, 0.1) is 0 Å². The number of aliphatic imine (C=N–C) groups is 2. The maximum absolute atomic E-state index is 11.7. The third-order valence-corrected chi connectivity index (χ3v) is 6.42. The molecule has 0 fully saturated rings. The molecule has 3 aromatic carbocycles. The summed E-state index contributed by atoms with van der Waals surface area (Å²) in [5.74, 6) is -0.310. The predicted molar refractivity (Wildman–Crippen MR) is 189 cm³/mol. The Balaban J connectivity index is 0.000000222. The molecule has 5 rings (SSSR count). The minimum atomic E-state index is -0.593. The number of nitrogens with one attached hydrogen (secondary N) is 3. The van der Waals surface area contributed by atoms with Gasteiger partial charge in [-0.05, 0) is 85.7 Å². The van der Waals surface area contributed by atoms with Crippen molar-refractivity contribution in [1.82, 2.24) is 5.32 Å². The molecule has 2 aliphatic heterocycles. The number of carbonyl (C=O) groups excluding carboxylic acids is 4. The molecular formula is C36H40N6O7. The molecule has 2 aliphatic rings. The predicted octanol–water partition coefficient (Wildman–Crippen LogP) is 6.12. The van der Waals surface area contributed by atoms with Crippen LogP contribution in [-0.4, -0.2) is 62.8 Å². The van der Waals surface area contributed by atoms with Gasteiger partial charge in [0.05, 0.1) is 24.3 Å². The van der Waals surface area contributed by atoms with Crippen molar-refractivity contribution in [3.8, 4) is 5.75 Å². The minimum Gasteiger partial charge on any atom is -0.462 e. The SMILES string of the molecule is CCOC(=O)c1ccc(NC(=O)NCC2=CN=CC2)cc1.CCOC(=O)c1ccc(NC(=O)Oc2ccccc2)cc1.NCC1=CN=CC1. The quantitative estimate of drug-likeness (QED) is 0.186. The monoisotopic (exact) mass is 668 g/mol. The van der Waals surface area contributed by atoms with Gasteiger partial charge in [-0.3, -0.25) is 15.3 Å². The van der Waals surface area contributed by atoms with Crippen LogP contribution in [0.2, 0.25) is 0 Å². The molecule has 0 spiro atoms. The largest absolute Gasteiger partial charge is 0.462 e. The summed E-state index contributed by atoms with van der Waals surface area (Å²) in [7, 11) is 0. The van der Waals surface area contributed by atoms with E-state index in [1.165, 1.54) is 5.57 Å². The van der Waals surface area contributed by atoms with E-state index in [0.717, 1.165) is 18.4 Å². The lowest BCUT2D eigenvalue weighted by atomic mass is 10.2. The van der Waals surface area contributed by atoms with E-state index in [0.29, 0.717) is 54.6 Å². The standard InChI is InChI=1S/C16H15NO4.C15H17N3O3.C5H8N2/c1-2-20-15(18)12-8-10-13(11-9-12)17-16(19)21-14-6-4-3-5-7-14;1-2-21-14(19)12-3-5-13(6-4-12)18-15(20)17-10-11-7-8-16-9-11;6-3-5-1-2-7-4-5/h3-11H,2H2,1H3,(H,17,19);3-6,8-9H,2,7,10H2,1H3,(H2,17,18,20);2,4H,1,3,6H2. The van der Waals surface area contributed by atoms with Gasteiger partial charge in [0.15, 0.2) is 0 Å². The maximum atomic E-state index is 11.7. The van der Waals surface area contributed by atoms with Gasteiger partial charge in [0.1, 0.15) is 5.75 Å². The number of rotatable bonds is 10. The number of carbonyl (C=O) groups is 4. The molecule has 5 N–H and O–H groups in total. The van der Waals surface area contributed by atoms with Crippen LogP contribution in [0.15, 0.2) is 112 Å². The van der Waals surface area contributed by atoms with Crippen molar-refractivity contribution in [1.29, 1.82) is 0 Å². The van der Waals surface area contributed by atoms with Crippen LogP contribution in [0.25, 0.3) is 0 Å². The van der Waals surface area contributed by atoms with E-state index in [9.17, 15) is 19.2 Å². The Kier molecular flexibility index (Phi) is 16.0. The highest BCUT2D eigenvalue weighted by atomic mass is 16.6. The molecule has 0 atom stereocenters. The minimum absolute atomic E-state index is 0.299. The number of para-hydroxylation sites is 1. The Morgan fingerprint density at radius 1 is 0.694 bits per heavy atom. The lowest BCUT2D eigenvalue weighted by Gasteiger charge is -2.08. The number of nitrogens with zero attached hydrogens (tertiary/aromatic N) is 2. The average molecular weight is 669 g/mol. The lowest BCUT2D eigenvalue weighted by molar-refractivity contribution is 0.0517. The summed E-state index contributed by atoms with van der Waals surface area (Å²) in [5.41, 5.74) is 9.59. The third kappa shape index (κ3) is 14.1. The van der Waals surface area contributed by atoms with E-state index in [1.54, 1.807) is 99.1 Å². The van der Waals surface area contributed by atoms with E-state index < -0.39 is 12.1 Å². The van der Waals surface area contributed by atoms with Gasteiger partial charge in [0, 0.05) is 62.1 Å². The highest BCUT2D eigenvalue weighted by Crippen LogP contribution is 2.14. The van der Waals surface area contributed by atoms with Crippen LogP contribution < -0.4 is 26.4 Å². The second kappa shape index (κ2) is 20.9. The van der Waals surface area contributed by atoms with E-state index >= 15 is 0 Å². The molecule has 0 unspecified atom stereocenters. The molecule has 0 aliphatic carbocycles. The number of nitrogens with two attached hydrogens (primary N) is 1. The van der Waals surface area contributed by atoms with E-state index in [4.69, 9.17) is 19.9 Å². The molecule has 0 aromatic heterocycles. The zero-order valence-corrected chi connectivity index (χ0v) is 27.4. The van der Waals surface area contributed by atoms with Gasteiger partial charge in [-0.1, -0.05) is 18.2 Å². The third-order valence-electron chi connectivity index (χ3n) is 6.42. The van der Waals surface area contributed by atoms with Gasteiger partial charge in [0.25, 0.3) is 0 Å². The fraction of sp³-hybridized carbons (Fsp3) is 0.222. The molecule has 0 saturated heterocycles. The van der Waals surface area contributed by atoms with Crippen molar-refractivity contribution in [2.45, 2.75) is 26.7 Å². The van der Waals surface area contributed by atoms with Crippen LogP contribution >= 0.6 is 0 Å². The molecule has 0 radical (unpaired) electrons. The van der Waals surface area contributed by atoms with Crippen LogP contribution in [-0.2, 0) is 9.47 Å². The normalized spacial score (nSPS) is 12.1. The molecule has 13 heteroatoms. The van der Waals surface area contributed by atoms with Gasteiger partial charge in [0.2, 0.25) is 0 Å². The fourth-order valence-corrected chi connectivity index (χ4v) is 3.93. The van der Waals surface area contributed by atoms with Crippen molar-refractivity contribution in [3.63, 3.8) is 0 Å². The first-order valence-electron chi connectivity index (χ1n) is 15.5. The van der Waals surface area contributed by atoms with Crippen LogP contribution in [0.4, 0.5) is 21.0 Å². The number of anilines is 2. The number of hydrogen-bond donors (Lipinski definition) is 4. The first-order valence-corrected chi connectivity index (χ1v) is 15.5. The maximum Gasteiger partial charge on any atom is 0.417 e. The first kappa shape index (κ1) is 37.4. The Labute approximate surface area is 285 Å². The van der Waals surface area contributed by atoms with E-state index in [-0.39, 0.29) is 12.0 Å². The van der Waals surface area contributed by atoms with Gasteiger partial charge >= 0.3 is 24.1 Å². The molecule has 49 heavy (non-hydrogen) atoms. The van der Waals surface area contributed by atoms with Crippen molar-refractivity contribution in [3.05, 3.63) is 114 Å². The number of ether oxygens (including phenoxy) is 3. The zero-order chi connectivity index (χ0) is 35.3. The highest BCUT2D eigenvalue weighted by molar-refractivity contribution is 5.93. The van der Waals surface area contributed by atoms with Crippen molar-refractivity contribution < 1.29 is 33.4 Å². The summed E-state index contributed by atoms with van der Waals surface area (Å²) < 4.78 is 14.9. The molecule has 0 saturated carbocycles. The summed E-state index contributed by atoms with van der Waals surface area (Å²) >= 11 is 0. The van der Waals surface area contributed by atoms with E-state index in [1.807, 2.05) is 18.5 Å². The van der Waals surface area contributed by atoms with Crippen LogP contribution in [0.3, 0.4) is 0 Å². The van der Waals surface area contributed by atoms with Gasteiger partial charge < -0.3 is 30.6 Å². The molecule has 13 nitrogen and oxygen atoms in total. The summed E-state index contributed by atoms with van der Waals surface area (Å²) in [5, 5.41) is 8.01. The van der Waals surface area contributed by atoms with Gasteiger partial charge in [-0.25, -0.2) is 19.2 Å². The second-order valence-electron chi connectivity index (χ2n) is 10.1. The van der Waals surface area contributed by atoms with Crippen molar-refractivity contribution in [2.75, 3.05) is 36.9 Å². The van der Waals surface area contributed by atoms with Crippen molar-refractivity contribution in [2.24, 2.45) is 15.7 Å². The van der Waals surface area contributed by atoms with Crippen molar-refractivity contribution >= 4 is 47.9 Å². The second-order valence-corrected chi connectivity index (χ2v) is 10.1. The molecule has 0 bridgehead atoms. The molecule has 3 aromatic rings. The smallest absolute Gasteiger partial charge is 0.417 e. The Hall–Kier alpha value is -6.08. The number of amides is 3. The number of esters is 2. The number of urea groups is 1. The average Bonchev–Trinajstić information content (AvgIpc) is 3.85. The molecule has 3 amide bonds. The highest BCUT2D eigenvalue weighted by Gasteiger charge is 2.09. The zero-order valence-electron chi connectivity index (χ0n) is 27.4. The van der Waals surface area contributed by atoms with E-state index in [2.05, 4.69) is 25.9 Å². The summed E-state index contributed by atoms with van der Waals surface area (Å²) in [4.78, 5) is 54.2. The Morgan fingerprint density at radius 2 is 1.20 bits per heavy atom. The summed E-state index contributed by atoms with van der Waals surface area (Å²) in [6, 6.07) is 21.4. The molecule has 2 heterocycles. The lowest BCUT2D eigenvalue weighted by Crippen LogP contribution is -2.30.